The topological polar surface area (TPSA) is 64.3 Å². The molecule has 0 heterocycles. The van der Waals surface area contributed by atoms with Crippen LogP contribution in [-0.2, 0) is 0 Å². The first-order chi connectivity index (χ1) is 9.51. The highest BCUT2D eigenvalue weighted by atomic mass is 19.1. The molecule has 2 aromatic rings. The van der Waals surface area contributed by atoms with Crippen LogP contribution >= 0.6 is 0 Å². The van der Waals surface area contributed by atoms with E-state index in [9.17, 15) is 9.18 Å². The number of nitrogens with one attached hydrogen (secondary N) is 1. The van der Waals surface area contributed by atoms with E-state index in [4.69, 9.17) is 10.5 Å². The van der Waals surface area contributed by atoms with Crippen molar-refractivity contribution in [2.75, 3.05) is 18.2 Å². The second-order valence-corrected chi connectivity index (χ2v) is 4.39. The summed E-state index contributed by atoms with van der Waals surface area (Å²) in [6.45, 7) is 1.82. The second kappa shape index (κ2) is 5.61. The molecule has 0 bridgehead atoms. The Morgan fingerprint density at radius 1 is 1.25 bits per heavy atom. The molecule has 0 spiro atoms. The van der Waals surface area contributed by atoms with E-state index in [2.05, 4.69) is 5.32 Å². The number of hydrogen-bond donors (Lipinski definition) is 2. The number of carbonyl (C=O) groups is 1. The van der Waals surface area contributed by atoms with Crippen LogP contribution < -0.4 is 15.8 Å². The number of aryl methyl sites for hydroxylation is 1. The molecule has 20 heavy (non-hydrogen) atoms. The van der Waals surface area contributed by atoms with Crippen molar-refractivity contribution >= 4 is 17.3 Å². The predicted molar refractivity (Wildman–Crippen MR) is 76.5 cm³/mol. The molecule has 2 rings (SSSR count). The monoisotopic (exact) mass is 274 g/mol. The van der Waals surface area contributed by atoms with Gasteiger partial charge < -0.3 is 15.8 Å². The number of carbonyl (C=O) groups excluding carboxylic acids is 1. The molecule has 0 atom stereocenters. The third kappa shape index (κ3) is 2.88. The number of benzene rings is 2. The molecule has 104 valence electrons. The first kappa shape index (κ1) is 13.9. The Balaban J connectivity index is 2.26. The normalized spacial score (nSPS) is 10.2. The van der Waals surface area contributed by atoms with Crippen molar-refractivity contribution in [1.82, 2.24) is 0 Å². The Morgan fingerprint density at radius 3 is 2.65 bits per heavy atom. The average Bonchev–Trinajstić information content (AvgIpc) is 2.42. The Hall–Kier alpha value is -2.56. The van der Waals surface area contributed by atoms with Gasteiger partial charge in [-0.2, -0.15) is 0 Å². The summed E-state index contributed by atoms with van der Waals surface area (Å²) < 4.78 is 18.6. The Kier molecular flexibility index (Phi) is 3.89. The summed E-state index contributed by atoms with van der Waals surface area (Å²) in [5, 5.41) is 2.51. The van der Waals surface area contributed by atoms with Crippen molar-refractivity contribution < 1.29 is 13.9 Å². The van der Waals surface area contributed by atoms with E-state index in [0.29, 0.717) is 5.75 Å². The molecule has 0 unspecified atom stereocenters. The average molecular weight is 274 g/mol. The molecular weight excluding hydrogens is 259 g/mol. The lowest BCUT2D eigenvalue weighted by Crippen LogP contribution is -2.15. The summed E-state index contributed by atoms with van der Waals surface area (Å²) in [5.41, 5.74) is 7.31. The number of ether oxygens (including phenoxy) is 1. The molecule has 0 saturated carbocycles. The highest BCUT2D eigenvalue weighted by molar-refractivity contribution is 6.07. The summed E-state index contributed by atoms with van der Waals surface area (Å²) in [5.74, 6) is -0.397. The molecular formula is C15H15FN2O2. The lowest BCUT2D eigenvalue weighted by Gasteiger charge is -2.10. The van der Waals surface area contributed by atoms with Gasteiger partial charge in [0, 0.05) is 11.8 Å². The first-order valence-corrected chi connectivity index (χ1v) is 6.02. The van der Waals surface area contributed by atoms with Crippen LogP contribution in [0.25, 0.3) is 0 Å². The molecule has 0 saturated heterocycles. The van der Waals surface area contributed by atoms with E-state index in [1.54, 1.807) is 24.3 Å². The molecule has 3 N–H and O–H groups in total. The highest BCUT2D eigenvalue weighted by Crippen LogP contribution is 2.22. The summed E-state index contributed by atoms with van der Waals surface area (Å²) in [6.07, 6.45) is 0. The summed E-state index contributed by atoms with van der Waals surface area (Å²) in [4.78, 5) is 12.1. The third-order valence-corrected chi connectivity index (χ3v) is 2.87. The van der Waals surface area contributed by atoms with Crippen LogP contribution in [0.4, 0.5) is 15.8 Å². The van der Waals surface area contributed by atoms with E-state index in [0.717, 1.165) is 5.56 Å². The predicted octanol–water partition coefficient (Wildman–Crippen LogP) is 2.98. The van der Waals surface area contributed by atoms with E-state index in [1.165, 1.54) is 19.2 Å². The van der Waals surface area contributed by atoms with Gasteiger partial charge in [0.15, 0.2) is 0 Å². The zero-order chi connectivity index (χ0) is 14.7. The zero-order valence-corrected chi connectivity index (χ0v) is 11.2. The number of hydrogen-bond acceptors (Lipinski definition) is 3. The van der Waals surface area contributed by atoms with E-state index < -0.39 is 11.7 Å². The molecule has 0 fully saturated rings. The molecule has 0 aromatic heterocycles. The number of rotatable bonds is 3. The summed E-state index contributed by atoms with van der Waals surface area (Å²) in [6, 6.07) is 9.21. The van der Waals surface area contributed by atoms with Crippen LogP contribution in [0, 0.1) is 12.7 Å². The summed E-state index contributed by atoms with van der Waals surface area (Å²) >= 11 is 0. The van der Waals surface area contributed by atoms with Crippen LogP contribution in [0.3, 0.4) is 0 Å². The first-order valence-electron chi connectivity index (χ1n) is 6.02. The van der Waals surface area contributed by atoms with Crippen molar-refractivity contribution in [3.8, 4) is 5.75 Å². The van der Waals surface area contributed by atoms with Crippen LogP contribution in [0.1, 0.15) is 15.9 Å². The molecule has 4 nitrogen and oxygen atoms in total. The van der Waals surface area contributed by atoms with Gasteiger partial charge in [-0.1, -0.05) is 6.07 Å². The fraction of sp³-hybridized carbons (Fsp3) is 0.133. The van der Waals surface area contributed by atoms with Gasteiger partial charge in [-0.05, 0) is 36.8 Å². The number of methoxy groups -OCH3 is 1. The molecule has 0 aliphatic rings. The van der Waals surface area contributed by atoms with Crippen molar-refractivity contribution in [1.29, 1.82) is 0 Å². The van der Waals surface area contributed by atoms with Gasteiger partial charge in [-0.3, -0.25) is 4.79 Å². The van der Waals surface area contributed by atoms with Gasteiger partial charge in [-0.15, -0.1) is 0 Å². The van der Waals surface area contributed by atoms with E-state index in [1.807, 2.05) is 6.92 Å². The maximum absolute atomic E-state index is 13.6. The number of nitrogen functional groups attached to an aromatic ring is 1. The lowest BCUT2D eigenvalue weighted by molar-refractivity contribution is 0.102. The van der Waals surface area contributed by atoms with Gasteiger partial charge in [0.1, 0.15) is 11.6 Å². The minimum absolute atomic E-state index is 0.130. The Morgan fingerprint density at radius 2 is 2.00 bits per heavy atom. The van der Waals surface area contributed by atoms with Gasteiger partial charge in [0.2, 0.25) is 0 Å². The quantitative estimate of drug-likeness (QED) is 0.846. The molecule has 1 amide bonds. The Bertz CT molecular complexity index is 656. The van der Waals surface area contributed by atoms with Gasteiger partial charge >= 0.3 is 0 Å². The van der Waals surface area contributed by atoms with Crippen LogP contribution in [-0.4, -0.2) is 13.0 Å². The fourth-order valence-electron chi connectivity index (χ4n) is 1.80. The second-order valence-electron chi connectivity index (χ2n) is 4.39. The van der Waals surface area contributed by atoms with Gasteiger partial charge in [0.25, 0.3) is 5.91 Å². The zero-order valence-electron chi connectivity index (χ0n) is 11.2. The van der Waals surface area contributed by atoms with Crippen molar-refractivity contribution in [3.63, 3.8) is 0 Å². The van der Waals surface area contributed by atoms with Crippen LogP contribution in [0.15, 0.2) is 36.4 Å². The minimum Gasteiger partial charge on any atom is -0.497 e. The van der Waals surface area contributed by atoms with Gasteiger partial charge in [0.05, 0.1) is 18.4 Å². The molecule has 0 radical (unpaired) electrons. The number of nitrogens with two attached hydrogens (primary N) is 1. The number of halogens is 1. The largest absolute Gasteiger partial charge is 0.497 e. The molecule has 0 aliphatic heterocycles. The van der Waals surface area contributed by atoms with Crippen LogP contribution in [0.5, 0.6) is 5.75 Å². The highest BCUT2D eigenvalue weighted by Gasteiger charge is 2.13. The standard InChI is InChI=1S/C15H15FN2O2/c1-9-3-6-12(16)14(7-9)18-15(19)11-5-4-10(20-2)8-13(11)17/h3-8H,17H2,1-2H3,(H,18,19). The fourth-order valence-corrected chi connectivity index (χ4v) is 1.80. The number of anilines is 2. The van der Waals surface area contributed by atoms with Crippen molar-refractivity contribution in [3.05, 3.63) is 53.3 Å². The molecule has 2 aromatic carbocycles. The number of amides is 1. The molecule has 5 heteroatoms. The van der Waals surface area contributed by atoms with Crippen molar-refractivity contribution in [2.24, 2.45) is 0 Å². The smallest absolute Gasteiger partial charge is 0.257 e. The third-order valence-electron chi connectivity index (χ3n) is 2.87. The Labute approximate surface area is 116 Å². The van der Waals surface area contributed by atoms with Crippen LogP contribution in [0.2, 0.25) is 0 Å². The lowest BCUT2D eigenvalue weighted by atomic mass is 10.1. The SMILES string of the molecule is COc1ccc(C(=O)Nc2cc(C)ccc2F)c(N)c1. The molecule has 0 aliphatic carbocycles. The maximum Gasteiger partial charge on any atom is 0.257 e. The minimum atomic E-state index is -0.490. The van der Waals surface area contributed by atoms with Crippen molar-refractivity contribution in [2.45, 2.75) is 6.92 Å². The summed E-state index contributed by atoms with van der Waals surface area (Å²) in [7, 11) is 1.51. The van der Waals surface area contributed by atoms with E-state index >= 15 is 0 Å². The van der Waals surface area contributed by atoms with E-state index in [-0.39, 0.29) is 16.9 Å². The maximum atomic E-state index is 13.6. The van der Waals surface area contributed by atoms with Gasteiger partial charge in [-0.25, -0.2) is 4.39 Å².